The minimum absolute atomic E-state index is 0.110. The number of nitrogens with two attached hydrogens (primary N) is 2. The summed E-state index contributed by atoms with van der Waals surface area (Å²) >= 11 is 7.33. The number of halogens is 1. The van der Waals surface area contributed by atoms with Crippen LogP contribution in [0.25, 0.3) is 21.3 Å². The number of thiophene rings is 1. The minimum Gasteiger partial charge on any atom is -0.397 e. The van der Waals surface area contributed by atoms with Gasteiger partial charge in [-0.15, -0.1) is 11.3 Å². The predicted molar refractivity (Wildman–Crippen MR) is 131 cm³/mol. The molecule has 0 spiro atoms. The zero-order valence-corrected chi connectivity index (χ0v) is 18.8. The van der Waals surface area contributed by atoms with Crippen LogP contribution in [0.4, 0.5) is 11.5 Å². The van der Waals surface area contributed by atoms with Gasteiger partial charge in [0.1, 0.15) is 27.2 Å². The molecule has 0 saturated heterocycles. The number of nitrogen functional groups attached to an aromatic ring is 2. The molecule has 160 valence electrons. The second-order valence-electron chi connectivity index (χ2n) is 7.21. The molecule has 0 aliphatic carbocycles. The van der Waals surface area contributed by atoms with Crippen molar-refractivity contribution in [3.63, 3.8) is 0 Å². The Balaban J connectivity index is 1.80. The van der Waals surface area contributed by atoms with Crippen LogP contribution in [-0.4, -0.2) is 10.9 Å². The summed E-state index contributed by atoms with van der Waals surface area (Å²) in [4.78, 5) is 18.1. The number of aryl methyl sites for hydroxylation is 1. The van der Waals surface area contributed by atoms with Crippen LogP contribution in [0, 0.1) is 11.3 Å². The molecule has 0 unspecified atom stereocenters. The van der Waals surface area contributed by atoms with Gasteiger partial charge < -0.3 is 16.8 Å². The molecular formula is C24H20ClN5OS. The van der Waals surface area contributed by atoms with E-state index in [9.17, 15) is 10.1 Å². The molecule has 0 aliphatic rings. The van der Waals surface area contributed by atoms with Gasteiger partial charge in [0.15, 0.2) is 0 Å². The van der Waals surface area contributed by atoms with Crippen molar-refractivity contribution in [2.75, 3.05) is 11.5 Å². The summed E-state index contributed by atoms with van der Waals surface area (Å²) < 4.78 is 0. The fourth-order valence-electron chi connectivity index (χ4n) is 3.55. The van der Waals surface area contributed by atoms with E-state index < -0.39 is 0 Å². The van der Waals surface area contributed by atoms with Crippen LogP contribution in [0.15, 0.2) is 48.5 Å². The molecule has 6 nitrogen and oxygen atoms in total. The molecule has 2 aromatic carbocycles. The van der Waals surface area contributed by atoms with Crippen LogP contribution < -0.4 is 16.8 Å². The Bertz CT molecular complexity index is 1370. The van der Waals surface area contributed by atoms with Crippen molar-refractivity contribution in [1.29, 1.82) is 5.26 Å². The Hall–Kier alpha value is -3.60. The third-order valence-electron chi connectivity index (χ3n) is 5.27. The van der Waals surface area contributed by atoms with E-state index in [-0.39, 0.29) is 29.5 Å². The van der Waals surface area contributed by atoms with Gasteiger partial charge >= 0.3 is 0 Å². The summed E-state index contributed by atoms with van der Waals surface area (Å²) in [6.45, 7) is 2.33. The van der Waals surface area contributed by atoms with E-state index >= 15 is 0 Å². The predicted octanol–water partition coefficient (Wildman–Crippen LogP) is 5.15. The molecule has 1 amide bonds. The Kier molecular flexibility index (Phi) is 5.99. The Labute approximate surface area is 194 Å². The second kappa shape index (κ2) is 8.87. The van der Waals surface area contributed by atoms with Gasteiger partial charge in [0.2, 0.25) is 0 Å². The van der Waals surface area contributed by atoms with E-state index in [1.165, 1.54) is 5.56 Å². The summed E-state index contributed by atoms with van der Waals surface area (Å²) in [6.07, 6.45) is 0.898. The highest BCUT2D eigenvalue weighted by Crippen LogP contribution is 2.42. The molecule has 4 rings (SSSR count). The number of benzene rings is 2. The first-order valence-electron chi connectivity index (χ1n) is 9.97. The SMILES string of the molecule is CCc1ccc(-c2c(C#N)c(N)nc3sc(C(=O)NCc4ccccc4Cl)c(N)c23)cc1. The number of rotatable bonds is 5. The summed E-state index contributed by atoms with van der Waals surface area (Å²) in [5.74, 6) is -0.228. The fraction of sp³-hybridized carbons (Fsp3) is 0.125. The maximum Gasteiger partial charge on any atom is 0.263 e. The summed E-state index contributed by atoms with van der Waals surface area (Å²) in [5.41, 5.74) is 16.4. The normalized spacial score (nSPS) is 10.8. The van der Waals surface area contributed by atoms with Gasteiger partial charge in [0.05, 0.1) is 5.69 Å². The Morgan fingerprint density at radius 3 is 2.56 bits per heavy atom. The van der Waals surface area contributed by atoms with Gasteiger partial charge in [-0.2, -0.15) is 5.26 Å². The van der Waals surface area contributed by atoms with Crippen LogP contribution in [0.2, 0.25) is 5.02 Å². The van der Waals surface area contributed by atoms with Gasteiger partial charge in [0, 0.05) is 22.5 Å². The topological polar surface area (TPSA) is 118 Å². The minimum atomic E-state index is -0.338. The smallest absolute Gasteiger partial charge is 0.263 e. The number of hydrogen-bond donors (Lipinski definition) is 3. The van der Waals surface area contributed by atoms with E-state index in [2.05, 4.69) is 23.3 Å². The number of carbonyl (C=O) groups excluding carboxylic acids is 1. The van der Waals surface area contributed by atoms with Gasteiger partial charge in [-0.3, -0.25) is 4.79 Å². The lowest BCUT2D eigenvalue weighted by Gasteiger charge is -2.10. The van der Waals surface area contributed by atoms with Crippen molar-refractivity contribution in [2.24, 2.45) is 0 Å². The molecule has 4 aromatic rings. The lowest BCUT2D eigenvalue weighted by Crippen LogP contribution is -2.22. The lowest BCUT2D eigenvalue weighted by atomic mass is 9.96. The molecule has 0 saturated carbocycles. The molecule has 2 heterocycles. The van der Waals surface area contributed by atoms with Crippen molar-refractivity contribution in [3.8, 4) is 17.2 Å². The molecule has 0 fully saturated rings. The summed E-state index contributed by atoms with van der Waals surface area (Å²) in [5, 5.41) is 13.8. The Morgan fingerprint density at radius 1 is 1.19 bits per heavy atom. The van der Waals surface area contributed by atoms with Gasteiger partial charge in [-0.05, 0) is 29.2 Å². The average molecular weight is 462 g/mol. The first-order chi connectivity index (χ1) is 15.4. The quantitative estimate of drug-likeness (QED) is 0.380. The fourth-order valence-corrected chi connectivity index (χ4v) is 4.78. The number of aromatic nitrogens is 1. The molecule has 2 aromatic heterocycles. The summed E-state index contributed by atoms with van der Waals surface area (Å²) in [7, 11) is 0. The molecule has 8 heteroatoms. The highest BCUT2D eigenvalue weighted by atomic mass is 35.5. The zero-order chi connectivity index (χ0) is 22.8. The number of nitriles is 1. The summed E-state index contributed by atoms with van der Waals surface area (Å²) in [6, 6.07) is 17.3. The third kappa shape index (κ3) is 3.86. The van der Waals surface area contributed by atoms with Crippen LogP contribution in [0.1, 0.15) is 33.3 Å². The van der Waals surface area contributed by atoms with Crippen LogP contribution in [0.5, 0.6) is 0 Å². The van der Waals surface area contributed by atoms with E-state index in [1.807, 2.05) is 42.5 Å². The van der Waals surface area contributed by atoms with Crippen molar-refractivity contribution < 1.29 is 4.79 Å². The second-order valence-corrected chi connectivity index (χ2v) is 8.61. The lowest BCUT2D eigenvalue weighted by molar-refractivity contribution is 0.0956. The molecule has 0 atom stereocenters. The highest BCUT2D eigenvalue weighted by Gasteiger charge is 2.24. The number of nitrogens with zero attached hydrogens (tertiary/aromatic N) is 2. The van der Waals surface area contributed by atoms with Gasteiger partial charge in [0.25, 0.3) is 5.91 Å². The van der Waals surface area contributed by atoms with Gasteiger partial charge in [-0.1, -0.05) is 61.0 Å². The Morgan fingerprint density at radius 2 is 1.91 bits per heavy atom. The van der Waals surface area contributed by atoms with Crippen molar-refractivity contribution in [1.82, 2.24) is 10.3 Å². The standard InChI is InChI=1S/C24H20ClN5OS/c1-2-13-7-9-14(10-8-13)18-16(11-26)22(28)30-24-19(18)20(27)21(32-24)23(31)29-12-15-5-3-4-6-17(15)25/h3-10H,2,12,27H2,1H3,(H2,28,30)(H,29,31). The van der Waals surface area contributed by atoms with Crippen LogP contribution >= 0.6 is 22.9 Å². The maximum atomic E-state index is 12.9. The first kappa shape index (κ1) is 21.6. The number of hydrogen-bond acceptors (Lipinski definition) is 6. The van der Waals surface area contributed by atoms with Crippen molar-refractivity contribution >= 4 is 50.6 Å². The number of carbonyl (C=O) groups is 1. The van der Waals surface area contributed by atoms with E-state index in [0.29, 0.717) is 25.7 Å². The van der Waals surface area contributed by atoms with Crippen LogP contribution in [-0.2, 0) is 13.0 Å². The first-order valence-corrected chi connectivity index (χ1v) is 11.2. The molecule has 5 N–H and O–H groups in total. The van der Waals surface area contributed by atoms with Crippen molar-refractivity contribution in [2.45, 2.75) is 19.9 Å². The number of pyridine rings is 1. The monoisotopic (exact) mass is 461 g/mol. The molecule has 32 heavy (non-hydrogen) atoms. The van der Waals surface area contributed by atoms with E-state index in [1.54, 1.807) is 6.07 Å². The van der Waals surface area contributed by atoms with E-state index in [0.717, 1.165) is 28.9 Å². The molecular weight excluding hydrogens is 442 g/mol. The van der Waals surface area contributed by atoms with E-state index in [4.69, 9.17) is 23.1 Å². The molecule has 0 radical (unpaired) electrons. The molecule has 0 aliphatic heterocycles. The zero-order valence-electron chi connectivity index (χ0n) is 17.3. The third-order valence-corrected chi connectivity index (χ3v) is 6.74. The van der Waals surface area contributed by atoms with Crippen molar-refractivity contribution in [3.05, 3.63) is 75.1 Å². The number of amides is 1. The average Bonchev–Trinajstić information content (AvgIpc) is 3.13. The number of anilines is 2. The largest absolute Gasteiger partial charge is 0.397 e. The highest BCUT2D eigenvalue weighted by molar-refractivity contribution is 7.21. The maximum absolute atomic E-state index is 12.9. The van der Waals surface area contributed by atoms with Gasteiger partial charge in [-0.25, -0.2) is 4.98 Å². The number of nitrogens with one attached hydrogen (secondary N) is 1. The number of fused-ring (bicyclic) bond motifs is 1. The molecule has 0 bridgehead atoms. The van der Waals surface area contributed by atoms with Crippen LogP contribution in [0.3, 0.4) is 0 Å².